The fourth-order valence-corrected chi connectivity index (χ4v) is 3.76. The highest BCUT2D eigenvalue weighted by Gasteiger charge is 2.28. The lowest BCUT2D eigenvalue weighted by molar-refractivity contribution is 0.418. The van der Waals surface area contributed by atoms with Crippen molar-refractivity contribution in [3.05, 3.63) is 79.1 Å². The Kier molecular flexibility index (Phi) is 3.71. The second kappa shape index (κ2) is 6.36. The van der Waals surface area contributed by atoms with E-state index in [-0.39, 0.29) is 6.98 Å². The van der Waals surface area contributed by atoms with Gasteiger partial charge in [-0.05, 0) is 40.8 Å². The van der Waals surface area contributed by atoms with Crippen LogP contribution in [-0.2, 0) is 0 Å². The number of pyridine rings is 1. The molecule has 3 aromatic carbocycles. The zero-order chi connectivity index (χ0) is 18.2. The molecule has 0 fully saturated rings. The summed E-state index contributed by atoms with van der Waals surface area (Å²) in [5.41, 5.74) is 5.51. The van der Waals surface area contributed by atoms with Gasteiger partial charge in [-0.25, -0.2) is 0 Å². The fraction of sp³-hybridized carbons (Fsp3) is 0.0455. The summed E-state index contributed by atoms with van der Waals surface area (Å²) >= 11 is 0. The zero-order valence-corrected chi connectivity index (χ0v) is 14.9. The molecule has 0 atom stereocenters. The number of hydrogen-bond acceptors (Lipinski definition) is 4. The van der Waals surface area contributed by atoms with Gasteiger partial charge in [-0.15, -0.1) is 0 Å². The molecule has 0 amide bonds. The highest BCUT2D eigenvalue weighted by molar-refractivity contribution is 6.81. The van der Waals surface area contributed by atoms with Gasteiger partial charge in [0, 0.05) is 34.6 Å². The summed E-state index contributed by atoms with van der Waals surface area (Å²) in [6, 6.07) is 22.9. The molecule has 2 heterocycles. The summed E-state index contributed by atoms with van der Waals surface area (Å²) < 4.78 is 5.65. The van der Waals surface area contributed by atoms with Crippen LogP contribution in [0.15, 0.2) is 79.1 Å². The Labute approximate surface area is 158 Å². The van der Waals surface area contributed by atoms with E-state index in [1.807, 2.05) is 18.3 Å². The van der Waals surface area contributed by atoms with Crippen molar-refractivity contribution in [3.8, 4) is 16.9 Å². The summed E-state index contributed by atoms with van der Waals surface area (Å²) in [4.78, 5) is 4.24. The molecule has 27 heavy (non-hydrogen) atoms. The Morgan fingerprint density at radius 3 is 2.30 bits per heavy atom. The maximum atomic E-state index is 5.65. The van der Waals surface area contributed by atoms with Crippen LogP contribution >= 0.6 is 0 Å². The van der Waals surface area contributed by atoms with E-state index in [2.05, 4.69) is 70.0 Å². The van der Waals surface area contributed by atoms with Crippen LogP contribution in [-0.4, -0.2) is 19.1 Å². The second-order valence-corrected chi connectivity index (χ2v) is 6.63. The van der Waals surface area contributed by atoms with Crippen molar-refractivity contribution in [2.24, 2.45) is 0 Å². The van der Waals surface area contributed by atoms with Crippen LogP contribution in [0.1, 0.15) is 0 Å². The highest BCUT2D eigenvalue weighted by Crippen LogP contribution is 2.34. The number of nitrogens with zero attached hydrogens (tertiary/aromatic N) is 1. The normalized spacial score (nSPS) is 12.4. The van der Waals surface area contributed by atoms with E-state index in [4.69, 9.17) is 4.74 Å². The fourth-order valence-electron chi connectivity index (χ4n) is 3.76. The summed E-state index contributed by atoms with van der Waals surface area (Å²) in [6.45, 7) is -0.0860. The first-order valence-electron chi connectivity index (χ1n) is 8.96. The van der Waals surface area contributed by atoms with Crippen LogP contribution in [0.4, 0.5) is 11.4 Å². The minimum Gasteiger partial charge on any atom is -0.497 e. The second-order valence-electron chi connectivity index (χ2n) is 6.63. The number of benzene rings is 3. The first-order valence-corrected chi connectivity index (χ1v) is 8.96. The van der Waals surface area contributed by atoms with Gasteiger partial charge in [0.1, 0.15) is 5.75 Å². The average Bonchev–Trinajstić information content (AvgIpc) is 2.74. The lowest BCUT2D eigenvalue weighted by Crippen LogP contribution is -2.48. The summed E-state index contributed by atoms with van der Waals surface area (Å²) in [5.74, 6) is 0.846. The Balaban J connectivity index is 1.61. The van der Waals surface area contributed by atoms with E-state index >= 15 is 0 Å². The molecule has 0 spiro atoms. The standard InChI is InChI=1S/C22H18BN3O/c1-27-21-11-10-16(17-7-4-12-24-14-17)13-18(21)23-25-19-8-2-5-15-6-3-9-20(26-23)22(15)19/h2-14,25-26H,1H3. The summed E-state index contributed by atoms with van der Waals surface area (Å²) in [7, 11) is 1.71. The first-order chi connectivity index (χ1) is 13.3. The van der Waals surface area contributed by atoms with Gasteiger partial charge in [0.2, 0.25) is 0 Å². The molecule has 0 aliphatic carbocycles. The Hall–Kier alpha value is -3.47. The molecule has 5 heteroatoms. The zero-order valence-electron chi connectivity index (χ0n) is 14.9. The minimum absolute atomic E-state index is 0.0860. The number of rotatable bonds is 3. The Morgan fingerprint density at radius 2 is 1.63 bits per heavy atom. The SMILES string of the molecule is COc1ccc(-c2cccnc2)cc1B1Nc2cccc3cccc(c23)N1. The van der Waals surface area contributed by atoms with E-state index in [0.29, 0.717) is 0 Å². The molecular formula is C22H18BN3O. The van der Waals surface area contributed by atoms with Crippen LogP contribution in [0.25, 0.3) is 21.9 Å². The van der Waals surface area contributed by atoms with E-state index in [1.54, 1.807) is 13.3 Å². The van der Waals surface area contributed by atoms with Crippen LogP contribution < -0.4 is 20.7 Å². The lowest BCUT2D eigenvalue weighted by Gasteiger charge is -2.28. The minimum atomic E-state index is -0.0860. The monoisotopic (exact) mass is 351 g/mol. The molecule has 1 aliphatic heterocycles. The number of methoxy groups -OCH3 is 1. The summed E-state index contributed by atoms with van der Waals surface area (Å²) in [6.07, 6.45) is 3.67. The van der Waals surface area contributed by atoms with Gasteiger partial charge >= 0.3 is 6.98 Å². The van der Waals surface area contributed by atoms with E-state index in [0.717, 1.165) is 33.7 Å². The smallest absolute Gasteiger partial charge is 0.409 e. The van der Waals surface area contributed by atoms with Gasteiger partial charge in [-0.2, -0.15) is 0 Å². The number of anilines is 2. The van der Waals surface area contributed by atoms with Crippen molar-refractivity contribution in [3.63, 3.8) is 0 Å². The van der Waals surface area contributed by atoms with Gasteiger partial charge in [-0.1, -0.05) is 42.5 Å². The van der Waals surface area contributed by atoms with Gasteiger partial charge in [0.25, 0.3) is 0 Å². The molecule has 0 saturated heterocycles. The van der Waals surface area contributed by atoms with Crippen LogP contribution in [0.5, 0.6) is 5.75 Å². The number of ether oxygens (including phenoxy) is 1. The molecule has 4 nitrogen and oxygen atoms in total. The number of aromatic nitrogens is 1. The summed E-state index contributed by atoms with van der Waals surface area (Å²) in [5, 5.41) is 9.69. The third-order valence-corrected chi connectivity index (χ3v) is 5.04. The lowest BCUT2D eigenvalue weighted by atomic mass is 9.65. The van der Waals surface area contributed by atoms with Crippen molar-refractivity contribution >= 4 is 34.6 Å². The molecule has 2 N–H and O–H groups in total. The van der Waals surface area contributed by atoms with Crippen molar-refractivity contribution < 1.29 is 4.74 Å². The van der Waals surface area contributed by atoms with Crippen molar-refractivity contribution in [2.75, 3.05) is 17.6 Å². The third kappa shape index (κ3) is 2.68. The molecule has 1 aliphatic rings. The maximum absolute atomic E-state index is 5.65. The molecule has 130 valence electrons. The third-order valence-electron chi connectivity index (χ3n) is 5.04. The molecule has 0 bridgehead atoms. The predicted molar refractivity (Wildman–Crippen MR) is 113 cm³/mol. The largest absolute Gasteiger partial charge is 0.497 e. The molecular weight excluding hydrogens is 333 g/mol. The number of nitrogens with one attached hydrogen (secondary N) is 2. The number of hydrogen-bond donors (Lipinski definition) is 2. The van der Waals surface area contributed by atoms with E-state index in [1.165, 1.54) is 10.8 Å². The average molecular weight is 351 g/mol. The van der Waals surface area contributed by atoms with Crippen molar-refractivity contribution in [1.82, 2.24) is 4.98 Å². The molecule has 1 aromatic heterocycles. The van der Waals surface area contributed by atoms with Gasteiger partial charge in [-0.3, -0.25) is 4.98 Å². The quantitative estimate of drug-likeness (QED) is 0.545. The molecule has 4 aromatic rings. The van der Waals surface area contributed by atoms with E-state index < -0.39 is 0 Å². The van der Waals surface area contributed by atoms with Gasteiger partial charge in [0.05, 0.1) is 7.11 Å². The van der Waals surface area contributed by atoms with E-state index in [9.17, 15) is 0 Å². The van der Waals surface area contributed by atoms with Crippen LogP contribution in [0, 0.1) is 0 Å². The van der Waals surface area contributed by atoms with Gasteiger partial charge < -0.3 is 15.2 Å². The molecule has 0 saturated carbocycles. The first kappa shape index (κ1) is 15.8. The van der Waals surface area contributed by atoms with Crippen molar-refractivity contribution in [2.45, 2.75) is 0 Å². The van der Waals surface area contributed by atoms with Crippen molar-refractivity contribution in [1.29, 1.82) is 0 Å². The van der Waals surface area contributed by atoms with Crippen LogP contribution in [0.2, 0.25) is 0 Å². The predicted octanol–water partition coefficient (Wildman–Crippen LogP) is 4.14. The Bertz CT molecular complexity index is 1090. The van der Waals surface area contributed by atoms with Gasteiger partial charge in [0.15, 0.2) is 0 Å². The topological polar surface area (TPSA) is 46.2 Å². The Morgan fingerprint density at radius 1 is 0.852 bits per heavy atom. The molecule has 0 unspecified atom stereocenters. The molecule has 5 rings (SSSR count). The molecule has 0 radical (unpaired) electrons. The highest BCUT2D eigenvalue weighted by atomic mass is 16.5. The maximum Gasteiger partial charge on any atom is 0.409 e. The van der Waals surface area contributed by atoms with Crippen LogP contribution in [0.3, 0.4) is 0 Å².